The number of carbonyl (C=O) groups excluding carboxylic acids is 10. The highest BCUT2D eigenvalue weighted by Gasteiger charge is 2.28. The maximum Gasteiger partial charge on any atom is 0.408 e. The molecule has 0 saturated heterocycles. The number of para-hydroxylation sites is 2. The minimum Gasteiger partial charge on any atom is -0.459 e. The molecule has 2 atom stereocenters. The maximum atomic E-state index is 14.7. The van der Waals surface area contributed by atoms with E-state index in [1.54, 1.807) is 121 Å². The van der Waals surface area contributed by atoms with Crippen molar-refractivity contribution in [2.24, 2.45) is 0 Å². The summed E-state index contributed by atoms with van der Waals surface area (Å²) in [4.78, 5) is 140. The zero-order valence-electron chi connectivity index (χ0n) is 61.6. The van der Waals surface area contributed by atoms with Gasteiger partial charge in [-0.05, 0) is 176 Å². The topological polar surface area (TPSA) is 305 Å². The molecule has 0 heterocycles. The number of carbonyl (C=O) groups is 10. The first-order chi connectivity index (χ1) is 54.4. The number of nitrogens with zero attached hydrogens (tertiary/aromatic N) is 2. The number of unbranched alkanes of at least 4 members (excludes halogenated alkanes) is 2. The smallest absolute Gasteiger partial charge is 0.408 e. The normalized spacial score (nSPS) is 11.2. The second kappa shape index (κ2) is 44.9. The van der Waals surface area contributed by atoms with Gasteiger partial charge in [0, 0.05) is 37.3 Å². The Morgan fingerprint density at radius 1 is 0.312 bits per heavy atom. The molecule has 0 saturated carbocycles. The number of nitrogens with one attached hydrogen (secondary N) is 6. The average Bonchev–Trinajstić information content (AvgIpc) is 0.821. The molecule has 0 aromatic heterocycles. The third-order valence-electron chi connectivity index (χ3n) is 17.2. The first-order valence-corrected chi connectivity index (χ1v) is 36.6. The Hall–Kier alpha value is -13.3. The monoisotopic (exact) mass is 1530 g/mol. The lowest BCUT2D eigenvalue weighted by atomic mass is 10.1. The molecule has 0 aliphatic carbocycles. The van der Waals surface area contributed by atoms with E-state index >= 15 is 0 Å². The molecule has 0 fully saturated rings. The van der Waals surface area contributed by atoms with Gasteiger partial charge in [-0.15, -0.1) is 0 Å². The number of amides is 8. The van der Waals surface area contributed by atoms with Gasteiger partial charge in [0.25, 0.3) is 11.8 Å². The predicted molar refractivity (Wildman–Crippen MR) is 411 cm³/mol. The van der Waals surface area contributed by atoms with Crippen LogP contribution < -0.4 is 41.4 Å². The number of esters is 2. The van der Waals surface area contributed by atoms with Crippen molar-refractivity contribution in [3.05, 3.63) is 299 Å². The Kier molecular flexibility index (Phi) is 33.2. The maximum absolute atomic E-state index is 14.7. The molecule has 9 aromatic carbocycles. The standard InChI is InChI=1S/C86H88F2N8O16/c87-69-38-30-61(31-39-69)46-50-91-79(99)55-95(53-77(97)89-48-15-13-28-75(93-85(105)109-59-63-18-5-1-6-19-63)83(103)107-57-65-34-42-73(43-35-65)111-71-24-9-3-10-25-71)81(101)67-22-17-23-68(52-67)82(102)96(56-80(100)92-51-47-62-32-40-70(88)41-33-62)54-78(98)90-49-16-14-29-76(94-86(106)110-60-64-20-7-2-8-21-64)84(104)108-58-66-36-44-74(45-37-66)112-72-26-11-4-12-27-72/h1-12,17-27,30-45,52,75-76H,13-16,28-29,46-51,53-60H2,(H,89,97)(H,90,98)(H,91,99)(H,92,100)(H,93,105)(H,94,106)/t75-,76-/m0/s1. The van der Waals surface area contributed by atoms with Gasteiger partial charge in [0.05, 0.1) is 0 Å². The summed E-state index contributed by atoms with van der Waals surface area (Å²) in [5, 5.41) is 16.2. The van der Waals surface area contributed by atoms with Crippen molar-refractivity contribution in [3.8, 4) is 23.0 Å². The largest absolute Gasteiger partial charge is 0.459 e. The molecular formula is C86H88F2N8O16. The van der Waals surface area contributed by atoms with E-state index in [9.17, 15) is 56.7 Å². The Morgan fingerprint density at radius 3 is 0.973 bits per heavy atom. The third kappa shape index (κ3) is 29.7. The Labute approximate surface area is 647 Å². The van der Waals surface area contributed by atoms with Crippen LogP contribution in [0.15, 0.2) is 243 Å². The molecule has 0 spiro atoms. The quantitative estimate of drug-likeness (QED) is 0.0118. The van der Waals surface area contributed by atoms with E-state index in [4.69, 9.17) is 28.4 Å². The molecule has 8 amide bonds. The Balaban J connectivity index is 0.826. The fourth-order valence-electron chi connectivity index (χ4n) is 11.2. The van der Waals surface area contributed by atoms with Crippen LogP contribution in [0.5, 0.6) is 23.0 Å². The average molecular weight is 1530 g/mol. The van der Waals surface area contributed by atoms with E-state index < -0.39 is 109 Å². The highest BCUT2D eigenvalue weighted by atomic mass is 19.1. The van der Waals surface area contributed by atoms with E-state index in [0.29, 0.717) is 58.1 Å². The molecule has 24 nitrogen and oxygen atoms in total. The number of halogens is 2. The van der Waals surface area contributed by atoms with Crippen molar-refractivity contribution in [3.63, 3.8) is 0 Å². The summed E-state index contributed by atoms with van der Waals surface area (Å²) in [6, 6.07) is 64.5. The number of benzene rings is 9. The van der Waals surface area contributed by atoms with E-state index in [-0.39, 0.29) is 102 Å². The minimum atomic E-state index is -1.17. The van der Waals surface area contributed by atoms with Gasteiger partial charge in [-0.25, -0.2) is 28.0 Å². The lowest BCUT2D eigenvalue weighted by molar-refractivity contribution is -0.148. The highest BCUT2D eigenvalue weighted by molar-refractivity contribution is 6.03. The fourth-order valence-corrected chi connectivity index (χ4v) is 11.2. The molecule has 26 heteroatoms. The van der Waals surface area contributed by atoms with Gasteiger partial charge in [0.15, 0.2) is 0 Å². The van der Waals surface area contributed by atoms with Crippen LogP contribution >= 0.6 is 0 Å². The number of hydrogen-bond donors (Lipinski definition) is 6. The van der Waals surface area contributed by atoms with Crippen molar-refractivity contribution in [2.45, 2.75) is 89.9 Å². The molecule has 9 aromatic rings. The summed E-state index contributed by atoms with van der Waals surface area (Å²) in [6.45, 7) is -2.84. The molecule has 9 rings (SSSR count). The molecular weight excluding hydrogens is 1440 g/mol. The van der Waals surface area contributed by atoms with E-state index in [2.05, 4.69) is 31.9 Å². The van der Waals surface area contributed by atoms with Gasteiger partial charge in [-0.1, -0.05) is 152 Å². The SMILES string of the molecule is O=C(CN(CC(=O)NCCc1ccc(F)cc1)C(=O)c1cccc(C(=O)N(CC(=O)NCCCC[C@H](NC(=O)OCc2ccccc2)C(=O)OCc2ccc(Oc3ccccc3)cc2)CC(=O)NCCc2ccc(F)cc2)c1)NCCCC[C@H](NC(=O)OCc1ccccc1)C(=O)OCc1ccc(Oc2ccccc2)cc1. The van der Waals surface area contributed by atoms with Crippen LogP contribution in [0, 0.1) is 11.6 Å². The summed E-state index contributed by atoms with van der Waals surface area (Å²) < 4.78 is 61.4. The Morgan fingerprint density at radius 2 is 0.616 bits per heavy atom. The van der Waals surface area contributed by atoms with E-state index in [0.717, 1.165) is 20.9 Å². The molecule has 0 radical (unpaired) electrons. The minimum absolute atomic E-state index is 0.0160. The highest BCUT2D eigenvalue weighted by Crippen LogP contribution is 2.24. The van der Waals surface area contributed by atoms with Crippen molar-refractivity contribution in [1.82, 2.24) is 41.7 Å². The van der Waals surface area contributed by atoms with Gasteiger partial charge in [0.2, 0.25) is 23.6 Å². The van der Waals surface area contributed by atoms with Crippen LogP contribution in [0.25, 0.3) is 0 Å². The van der Waals surface area contributed by atoms with Crippen LogP contribution in [-0.2, 0) is 87.0 Å². The van der Waals surface area contributed by atoms with Crippen molar-refractivity contribution in [2.75, 3.05) is 52.4 Å². The number of hydrogen-bond acceptors (Lipinski definition) is 16. The lowest BCUT2D eigenvalue weighted by Gasteiger charge is -2.24. The van der Waals surface area contributed by atoms with Crippen molar-refractivity contribution >= 4 is 59.6 Å². The van der Waals surface area contributed by atoms with E-state index in [1.807, 2.05) is 72.8 Å². The molecule has 582 valence electrons. The number of ether oxygens (including phenoxy) is 6. The van der Waals surface area contributed by atoms with Crippen molar-refractivity contribution in [1.29, 1.82) is 0 Å². The molecule has 0 unspecified atom stereocenters. The summed E-state index contributed by atoms with van der Waals surface area (Å²) in [6.07, 6.45) is 0.0360. The lowest BCUT2D eigenvalue weighted by Crippen LogP contribution is -2.47. The van der Waals surface area contributed by atoms with E-state index in [1.165, 1.54) is 48.5 Å². The predicted octanol–water partition coefficient (Wildman–Crippen LogP) is 11.8. The van der Waals surface area contributed by atoms with Crippen LogP contribution in [0.3, 0.4) is 0 Å². The molecule has 112 heavy (non-hydrogen) atoms. The van der Waals surface area contributed by atoms with Crippen LogP contribution in [0.1, 0.15) is 92.6 Å². The summed E-state index contributed by atoms with van der Waals surface area (Å²) in [7, 11) is 0. The van der Waals surface area contributed by atoms with Crippen LogP contribution in [0.4, 0.5) is 18.4 Å². The number of alkyl carbamates (subject to hydrolysis) is 2. The number of rotatable bonds is 42. The second-order valence-corrected chi connectivity index (χ2v) is 25.9. The van der Waals surface area contributed by atoms with Gasteiger partial charge in [-0.3, -0.25) is 28.8 Å². The van der Waals surface area contributed by atoms with Gasteiger partial charge in [0.1, 0.15) is 99.3 Å². The van der Waals surface area contributed by atoms with Crippen LogP contribution in [0.2, 0.25) is 0 Å². The summed E-state index contributed by atoms with van der Waals surface area (Å²) in [5.41, 5.74) is 3.84. The first kappa shape index (κ1) is 82.8. The third-order valence-corrected chi connectivity index (χ3v) is 17.2. The van der Waals surface area contributed by atoms with Crippen LogP contribution in [-0.4, -0.2) is 134 Å². The zero-order valence-corrected chi connectivity index (χ0v) is 61.6. The van der Waals surface area contributed by atoms with Crippen molar-refractivity contribution < 1.29 is 85.1 Å². The summed E-state index contributed by atoms with van der Waals surface area (Å²) >= 11 is 0. The molecule has 0 bridgehead atoms. The second-order valence-electron chi connectivity index (χ2n) is 25.9. The van der Waals surface area contributed by atoms with Gasteiger partial charge < -0.3 is 70.1 Å². The summed E-state index contributed by atoms with van der Waals surface area (Å²) in [5.74, 6) is -4.39. The molecule has 0 aliphatic heterocycles. The molecule has 6 N–H and O–H groups in total. The van der Waals surface area contributed by atoms with Gasteiger partial charge >= 0.3 is 24.1 Å². The molecule has 0 aliphatic rings. The fraction of sp³-hybridized carbons (Fsp3) is 0.256. The first-order valence-electron chi connectivity index (χ1n) is 36.6. The van der Waals surface area contributed by atoms with Gasteiger partial charge in [-0.2, -0.15) is 0 Å². The Bertz CT molecular complexity index is 4230. The zero-order chi connectivity index (χ0) is 79.1.